The number of carbonyl (C=O) groups excluding carboxylic acids is 1. The molecule has 1 aromatic heterocycles. The summed E-state index contributed by atoms with van der Waals surface area (Å²) in [6.07, 6.45) is 1.06. The number of benzene rings is 1. The molecule has 13 heteroatoms. The van der Waals surface area contributed by atoms with E-state index >= 15 is 0 Å². The van der Waals surface area contributed by atoms with Gasteiger partial charge >= 0.3 is 5.69 Å². The van der Waals surface area contributed by atoms with Gasteiger partial charge in [-0.3, -0.25) is 39.8 Å². The average Bonchev–Trinajstić information content (AvgIpc) is 3.00. The van der Waals surface area contributed by atoms with Gasteiger partial charge in [-0.1, -0.05) is 0 Å². The summed E-state index contributed by atoms with van der Waals surface area (Å²) < 4.78 is 1.17. The Kier molecular flexibility index (Phi) is 4.91. The van der Waals surface area contributed by atoms with Crippen LogP contribution in [-0.2, 0) is 6.54 Å². The lowest BCUT2D eigenvalue weighted by atomic mass is 10.1. The minimum atomic E-state index is -1.02. The molecule has 2 aromatic rings. The molecule has 0 unspecified atom stereocenters. The summed E-state index contributed by atoms with van der Waals surface area (Å²) in [5.41, 5.74) is -2.63. The summed E-state index contributed by atoms with van der Waals surface area (Å²) in [4.78, 5) is 43.0. The SMILES string of the molecule is CCn1cc([N+](=O)[O-])c(C(=O)Nc2cc([N+](=O)[O-])c(C)c([N+](=O)[O-])c2)n1. The van der Waals surface area contributed by atoms with E-state index in [1.54, 1.807) is 6.92 Å². The number of nitro benzene ring substituents is 2. The van der Waals surface area contributed by atoms with Crippen molar-refractivity contribution in [3.8, 4) is 0 Å². The van der Waals surface area contributed by atoms with Crippen LogP contribution in [0.5, 0.6) is 0 Å². The van der Waals surface area contributed by atoms with Crippen LogP contribution in [0.1, 0.15) is 23.0 Å². The topological polar surface area (TPSA) is 176 Å². The molecule has 0 saturated carbocycles. The van der Waals surface area contributed by atoms with Crippen molar-refractivity contribution < 1.29 is 19.6 Å². The summed E-state index contributed by atoms with van der Waals surface area (Å²) in [7, 11) is 0. The number of anilines is 1. The van der Waals surface area contributed by atoms with Gasteiger partial charge in [-0.25, -0.2) is 0 Å². The first kappa shape index (κ1) is 18.4. The molecule has 0 bridgehead atoms. The van der Waals surface area contributed by atoms with Gasteiger partial charge in [0, 0.05) is 18.7 Å². The molecule has 2 rings (SSSR count). The monoisotopic (exact) mass is 364 g/mol. The minimum absolute atomic E-state index is 0.181. The second-order valence-corrected chi connectivity index (χ2v) is 5.08. The molecule has 1 aromatic carbocycles. The van der Waals surface area contributed by atoms with Gasteiger partial charge in [0.05, 0.1) is 20.5 Å². The summed E-state index contributed by atoms with van der Waals surface area (Å²) in [6.45, 7) is 3.14. The first-order chi connectivity index (χ1) is 12.1. The smallest absolute Gasteiger partial charge is 0.320 e. The fourth-order valence-corrected chi connectivity index (χ4v) is 2.19. The molecule has 1 amide bonds. The van der Waals surface area contributed by atoms with Gasteiger partial charge in [-0.05, 0) is 13.8 Å². The van der Waals surface area contributed by atoms with Gasteiger partial charge in [0.1, 0.15) is 11.8 Å². The maximum absolute atomic E-state index is 12.3. The highest BCUT2D eigenvalue weighted by Crippen LogP contribution is 2.32. The van der Waals surface area contributed by atoms with Crippen molar-refractivity contribution in [1.82, 2.24) is 9.78 Å². The van der Waals surface area contributed by atoms with E-state index < -0.39 is 43.4 Å². The maximum atomic E-state index is 12.3. The molecule has 136 valence electrons. The molecule has 0 aliphatic heterocycles. The number of aryl methyl sites for hydroxylation is 1. The predicted molar refractivity (Wildman–Crippen MR) is 87.0 cm³/mol. The Bertz CT molecular complexity index is 900. The molecule has 0 fully saturated rings. The van der Waals surface area contributed by atoms with Gasteiger partial charge in [0.25, 0.3) is 17.3 Å². The highest BCUT2D eigenvalue weighted by molar-refractivity contribution is 6.05. The first-order valence-electron chi connectivity index (χ1n) is 7.12. The van der Waals surface area contributed by atoms with Crippen molar-refractivity contribution in [1.29, 1.82) is 0 Å². The van der Waals surface area contributed by atoms with Crippen molar-refractivity contribution >= 4 is 28.7 Å². The molecule has 26 heavy (non-hydrogen) atoms. The lowest BCUT2D eigenvalue weighted by Gasteiger charge is -2.06. The molecule has 0 aliphatic carbocycles. The van der Waals surface area contributed by atoms with E-state index in [2.05, 4.69) is 10.4 Å². The van der Waals surface area contributed by atoms with E-state index in [0.717, 1.165) is 18.3 Å². The predicted octanol–water partition coefficient (Wildman–Crippen LogP) is 2.19. The molecule has 1 N–H and O–H groups in total. The van der Waals surface area contributed by atoms with Crippen LogP contribution in [0.3, 0.4) is 0 Å². The fourth-order valence-electron chi connectivity index (χ4n) is 2.19. The van der Waals surface area contributed by atoms with E-state index in [1.165, 1.54) is 11.6 Å². The molecular formula is C13H12N6O7. The molecule has 0 atom stereocenters. The molecule has 0 saturated heterocycles. The van der Waals surface area contributed by atoms with E-state index in [0.29, 0.717) is 0 Å². The van der Waals surface area contributed by atoms with E-state index in [1.807, 2.05) is 0 Å². The lowest BCUT2D eigenvalue weighted by Crippen LogP contribution is -2.15. The number of aromatic nitrogens is 2. The second-order valence-electron chi connectivity index (χ2n) is 5.08. The van der Waals surface area contributed by atoms with Gasteiger partial charge in [-0.15, -0.1) is 0 Å². The number of nitrogens with zero attached hydrogens (tertiary/aromatic N) is 5. The number of hydrogen-bond donors (Lipinski definition) is 1. The zero-order valence-electron chi connectivity index (χ0n) is 13.5. The van der Waals surface area contributed by atoms with Crippen LogP contribution < -0.4 is 5.32 Å². The first-order valence-corrected chi connectivity index (χ1v) is 7.12. The van der Waals surface area contributed by atoms with Crippen molar-refractivity contribution in [2.75, 3.05) is 5.32 Å². The minimum Gasteiger partial charge on any atom is -0.320 e. The van der Waals surface area contributed by atoms with Crippen LogP contribution in [0.25, 0.3) is 0 Å². The highest BCUT2D eigenvalue weighted by Gasteiger charge is 2.28. The molecular weight excluding hydrogens is 352 g/mol. The number of rotatable bonds is 6. The van der Waals surface area contributed by atoms with Crippen molar-refractivity contribution in [3.63, 3.8) is 0 Å². The normalized spacial score (nSPS) is 10.4. The number of nitrogens with one attached hydrogen (secondary N) is 1. The fraction of sp³-hybridized carbons (Fsp3) is 0.231. The van der Waals surface area contributed by atoms with Gasteiger partial charge in [0.15, 0.2) is 0 Å². The van der Waals surface area contributed by atoms with Crippen LogP contribution in [0.2, 0.25) is 0 Å². The standard InChI is InChI=1S/C13H12N6O7/c1-3-16-6-11(19(25)26)12(15-16)13(20)14-8-4-9(17(21)22)7(2)10(5-8)18(23)24/h4-6H,3H2,1-2H3,(H,14,20). The Morgan fingerprint density at radius 3 is 2.00 bits per heavy atom. The zero-order chi connectivity index (χ0) is 19.6. The largest absolute Gasteiger partial charge is 0.320 e. The Labute approximate surface area is 144 Å². The number of nitro groups is 3. The third-order valence-corrected chi connectivity index (χ3v) is 3.48. The summed E-state index contributed by atoms with van der Waals surface area (Å²) in [6, 6.07) is 1.87. The Morgan fingerprint density at radius 2 is 1.58 bits per heavy atom. The van der Waals surface area contributed by atoms with E-state index in [-0.39, 0.29) is 17.8 Å². The van der Waals surface area contributed by atoms with Crippen LogP contribution in [-0.4, -0.2) is 30.5 Å². The molecule has 0 aliphatic rings. The maximum Gasteiger partial charge on any atom is 0.320 e. The van der Waals surface area contributed by atoms with Crippen molar-refractivity contribution in [2.45, 2.75) is 20.4 Å². The number of carbonyl (C=O) groups is 1. The number of hydrogen-bond acceptors (Lipinski definition) is 8. The number of amides is 1. The summed E-state index contributed by atoms with van der Waals surface area (Å²) in [5.74, 6) is -1.02. The molecule has 1 heterocycles. The third-order valence-electron chi connectivity index (χ3n) is 3.48. The summed E-state index contributed by atoms with van der Waals surface area (Å²) in [5, 5.41) is 39.1. The quantitative estimate of drug-likeness (QED) is 0.598. The van der Waals surface area contributed by atoms with Gasteiger partial charge in [0.2, 0.25) is 5.69 Å². The van der Waals surface area contributed by atoms with E-state index in [9.17, 15) is 35.1 Å². The Balaban J connectivity index is 2.47. The van der Waals surface area contributed by atoms with Crippen LogP contribution >= 0.6 is 0 Å². The van der Waals surface area contributed by atoms with Gasteiger partial charge in [-0.2, -0.15) is 5.10 Å². The zero-order valence-corrected chi connectivity index (χ0v) is 13.5. The summed E-state index contributed by atoms with van der Waals surface area (Å²) >= 11 is 0. The Morgan fingerprint density at radius 1 is 1.08 bits per heavy atom. The van der Waals surface area contributed by atoms with Gasteiger partial charge < -0.3 is 5.32 Å². The molecule has 0 radical (unpaired) electrons. The van der Waals surface area contributed by atoms with Crippen molar-refractivity contribution in [3.05, 3.63) is 59.9 Å². The van der Waals surface area contributed by atoms with Crippen LogP contribution in [0.4, 0.5) is 22.7 Å². The average molecular weight is 364 g/mol. The molecule has 0 spiro atoms. The lowest BCUT2D eigenvalue weighted by molar-refractivity contribution is -0.395. The van der Waals surface area contributed by atoms with E-state index in [4.69, 9.17) is 0 Å². The highest BCUT2D eigenvalue weighted by atomic mass is 16.6. The second kappa shape index (κ2) is 6.92. The third kappa shape index (κ3) is 3.45. The van der Waals surface area contributed by atoms with Crippen LogP contribution in [0, 0.1) is 37.3 Å². The van der Waals surface area contributed by atoms with Crippen molar-refractivity contribution in [2.24, 2.45) is 0 Å². The Hall–Kier alpha value is -3.90. The van der Waals surface area contributed by atoms with Crippen LogP contribution in [0.15, 0.2) is 18.3 Å². The molecule has 13 nitrogen and oxygen atoms in total.